The van der Waals surface area contributed by atoms with Crippen LogP contribution in [0.3, 0.4) is 0 Å². The Labute approximate surface area is 174 Å². The largest absolute Gasteiger partial charge is 0.497 e. The van der Waals surface area contributed by atoms with Crippen molar-refractivity contribution >= 4 is 11.9 Å². The summed E-state index contributed by atoms with van der Waals surface area (Å²) in [6.07, 6.45) is 0.601. The fraction of sp³-hybridized carbons (Fsp3) is 0.167. The van der Waals surface area contributed by atoms with Gasteiger partial charge in [0.05, 0.1) is 25.3 Å². The van der Waals surface area contributed by atoms with Crippen LogP contribution in [0.2, 0.25) is 0 Å². The van der Waals surface area contributed by atoms with Gasteiger partial charge in [0, 0.05) is 0 Å². The molecule has 2 N–H and O–H groups in total. The Hall–Kier alpha value is -3.80. The van der Waals surface area contributed by atoms with Crippen LogP contribution in [0.4, 0.5) is 0 Å². The monoisotopic (exact) mass is 406 g/mol. The molecule has 0 aromatic heterocycles. The average Bonchev–Trinajstić information content (AvgIpc) is 2.75. The molecule has 0 saturated heterocycles. The molecule has 30 heavy (non-hydrogen) atoms. The number of carboxylic acids is 2. The van der Waals surface area contributed by atoms with Crippen LogP contribution in [0.5, 0.6) is 11.5 Å². The van der Waals surface area contributed by atoms with E-state index >= 15 is 0 Å². The Morgan fingerprint density at radius 2 is 1.00 bits per heavy atom. The van der Waals surface area contributed by atoms with E-state index in [1.165, 1.54) is 12.1 Å². The van der Waals surface area contributed by atoms with E-state index in [2.05, 4.69) is 0 Å². The van der Waals surface area contributed by atoms with E-state index in [-0.39, 0.29) is 11.1 Å². The number of benzene rings is 3. The lowest BCUT2D eigenvalue weighted by Gasteiger charge is -2.13. The summed E-state index contributed by atoms with van der Waals surface area (Å²) in [5.41, 5.74) is 2.81. The molecule has 3 aromatic carbocycles. The average molecular weight is 406 g/mol. The number of hydrogen-bond donors (Lipinski definition) is 2. The van der Waals surface area contributed by atoms with Gasteiger partial charge >= 0.3 is 11.9 Å². The van der Waals surface area contributed by atoms with Gasteiger partial charge in [0.2, 0.25) is 0 Å². The van der Waals surface area contributed by atoms with Crippen molar-refractivity contribution in [1.29, 1.82) is 0 Å². The fourth-order valence-corrected chi connectivity index (χ4v) is 3.31. The molecule has 0 aliphatic carbocycles. The maximum Gasteiger partial charge on any atom is 0.335 e. The first-order valence-corrected chi connectivity index (χ1v) is 9.29. The van der Waals surface area contributed by atoms with Gasteiger partial charge in [0.15, 0.2) is 0 Å². The van der Waals surface area contributed by atoms with Gasteiger partial charge in [-0.1, -0.05) is 24.3 Å². The second kappa shape index (κ2) is 9.13. The summed E-state index contributed by atoms with van der Waals surface area (Å²) in [5.74, 6) is -0.797. The minimum Gasteiger partial charge on any atom is -0.497 e. The second-order valence-electron chi connectivity index (χ2n) is 6.83. The van der Waals surface area contributed by atoms with Crippen molar-refractivity contribution in [3.05, 3.63) is 94.0 Å². The lowest BCUT2D eigenvalue weighted by atomic mass is 9.91. The molecule has 3 rings (SSSR count). The lowest BCUT2D eigenvalue weighted by Crippen LogP contribution is -2.11. The summed E-state index contributed by atoms with van der Waals surface area (Å²) in [4.78, 5) is 23.8. The van der Waals surface area contributed by atoms with Crippen molar-refractivity contribution in [3.8, 4) is 11.5 Å². The highest BCUT2D eigenvalue weighted by atomic mass is 16.5. The Balaban J connectivity index is 1.99. The van der Waals surface area contributed by atoms with E-state index in [1.807, 2.05) is 24.3 Å². The number of carbonyl (C=O) groups is 2. The zero-order chi connectivity index (χ0) is 21.7. The van der Waals surface area contributed by atoms with Crippen LogP contribution in [0.15, 0.2) is 60.7 Å². The molecule has 0 spiro atoms. The molecular weight excluding hydrogens is 384 g/mol. The third-order valence-electron chi connectivity index (χ3n) is 4.90. The molecule has 3 aromatic rings. The number of rotatable bonds is 8. The number of carboxylic acid groups (broad SMARTS) is 2. The van der Waals surface area contributed by atoms with Crippen molar-refractivity contribution in [3.63, 3.8) is 0 Å². The van der Waals surface area contributed by atoms with Crippen molar-refractivity contribution in [1.82, 2.24) is 0 Å². The predicted octanol–water partition coefficient (Wildman–Crippen LogP) is 4.28. The number of hydrogen-bond acceptors (Lipinski definition) is 4. The summed E-state index contributed by atoms with van der Waals surface area (Å²) >= 11 is 0. The SMILES string of the molecule is COc1ccc(Cc2cc(C(=O)O)c(Cc3ccc(OC)cc3)cc2C(=O)O)cc1. The third-order valence-corrected chi connectivity index (χ3v) is 4.90. The van der Waals surface area contributed by atoms with Crippen LogP contribution in [0.25, 0.3) is 0 Å². The number of methoxy groups -OCH3 is 2. The van der Waals surface area contributed by atoms with E-state index < -0.39 is 11.9 Å². The molecule has 0 saturated carbocycles. The van der Waals surface area contributed by atoms with Gasteiger partial charge in [-0.25, -0.2) is 9.59 Å². The maximum absolute atomic E-state index is 11.9. The highest BCUT2D eigenvalue weighted by Crippen LogP contribution is 2.25. The van der Waals surface area contributed by atoms with Crippen molar-refractivity contribution in [2.45, 2.75) is 12.8 Å². The summed E-state index contributed by atoms with van der Waals surface area (Å²) in [7, 11) is 3.14. The van der Waals surface area contributed by atoms with Crippen molar-refractivity contribution in [2.24, 2.45) is 0 Å². The normalized spacial score (nSPS) is 10.5. The standard InChI is InChI=1S/C24H22O6/c1-29-19-7-3-15(4-8-19)11-17-13-22(24(27)28)18(14-21(17)23(25)26)12-16-5-9-20(30-2)10-6-16/h3-10,13-14H,11-12H2,1-2H3,(H,25,26)(H,27,28). The minimum atomic E-state index is -1.09. The van der Waals surface area contributed by atoms with Gasteiger partial charge in [0.25, 0.3) is 0 Å². The first-order chi connectivity index (χ1) is 14.4. The van der Waals surface area contributed by atoms with Gasteiger partial charge in [-0.3, -0.25) is 0 Å². The molecule has 0 amide bonds. The lowest BCUT2D eigenvalue weighted by molar-refractivity contribution is 0.0679. The van der Waals surface area contributed by atoms with Crippen molar-refractivity contribution in [2.75, 3.05) is 14.2 Å². The van der Waals surface area contributed by atoms with Crippen LogP contribution in [0.1, 0.15) is 43.0 Å². The fourth-order valence-electron chi connectivity index (χ4n) is 3.31. The molecule has 0 aliphatic rings. The quantitative estimate of drug-likeness (QED) is 0.580. The van der Waals surface area contributed by atoms with Crippen molar-refractivity contribution < 1.29 is 29.3 Å². The topological polar surface area (TPSA) is 93.1 Å². The molecule has 0 radical (unpaired) electrons. The number of ether oxygens (including phenoxy) is 2. The molecule has 0 bridgehead atoms. The van der Waals surface area contributed by atoms with Crippen LogP contribution < -0.4 is 9.47 Å². The molecule has 6 nitrogen and oxygen atoms in total. The van der Waals surface area contributed by atoms with E-state index in [0.717, 1.165) is 11.1 Å². The van der Waals surface area contributed by atoms with Crippen LogP contribution in [-0.4, -0.2) is 36.4 Å². The first-order valence-electron chi connectivity index (χ1n) is 9.29. The van der Waals surface area contributed by atoms with Gasteiger partial charge in [-0.2, -0.15) is 0 Å². The van der Waals surface area contributed by atoms with E-state index in [4.69, 9.17) is 9.47 Å². The molecule has 0 atom stereocenters. The Bertz CT molecular complexity index is 965. The van der Waals surface area contributed by atoms with Gasteiger partial charge < -0.3 is 19.7 Å². The van der Waals surface area contributed by atoms with Crippen LogP contribution >= 0.6 is 0 Å². The Morgan fingerprint density at radius 1 is 0.667 bits per heavy atom. The molecule has 0 fully saturated rings. The highest BCUT2D eigenvalue weighted by Gasteiger charge is 2.19. The van der Waals surface area contributed by atoms with Gasteiger partial charge in [-0.15, -0.1) is 0 Å². The van der Waals surface area contributed by atoms with E-state index in [1.54, 1.807) is 38.5 Å². The summed E-state index contributed by atoms with van der Waals surface area (Å²) in [6.45, 7) is 0. The highest BCUT2D eigenvalue weighted by molar-refractivity contribution is 5.95. The Morgan fingerprint density at radius 3 is 1.27 bits per heavy atom. The first kappa shape index (κ1) is 20.9. The molecule has 0 aliphatic heterocycles. The zero-order valence-corrected chi connectivity index (χ0v) is 16.7. The minimum absolute atomic E-state index is 0.0966. The van der Waals surface area contributed by atoms with Gasteiger partial charge in [0.1, 0.15) is 11.5 Å². The Kier molecular flexibility index (Phi) is 6.37. The molecule has 154 valence electrons. The van der Waals surface area contributed by atoms with Crippen LogP contribution in [-0.2, 0) is 12.8 Å². The zero-order valence-electron chi connectivity index (χ0n) is 16.7. The predicted molar refractivity (Wildman–Crippen MR) is 112 cm³/mol. The second-order valence-corrected chi connectivity index (χ2v) is 6.83. The summed E-state index contributed by atoms with van der Waals surface area (Å²) in [5, 5.41) is 19.5. The molecule has 0 heterocycles. The smallest absolute Gasteiger partial charge is 0.335 e. The third kappa shape index (κ3) is 4.78. The van der Waals surface area contributed by atoms with E-state index in [9.17, 15) is 19.8 Å². The van der Waals surface area contributed by atoms with E-state index in [0.29, 0.717) is 35.5 Å². The maximum atomic E-state index is 11.9. The molecular formula is C24H22O6. The number of aromatic carboxylic acids is 2. The molecule has 6 heteroatoms. The van der Waals surface area contributed by atoms with Gasteiger partial charge in [-0.05, 0) is 71.5 Å². The summed E-state index contributed by atoms with van der Waals surface area (Å²) in [6, 6.07) is 17.4. The summed E-state index contributed by atoms with van der Waals surface area (Å²) < 4.78 is 10.3. The van der Waals surface area contributed by atoms with Crippen LogP contribution in [0, 0.1) is 0 Å². The molecule has 0 unspecified atom stereocenters.